The number of hydrogen-bond acceptors (Lipinski definition) is 3. The Bertz CT molecular complexity index is 33.8. The van der Waals surface area contributed by atoms with Crippen LogP contribution in [0.15, 0.2) is 0 Å². The van der Waals surface area contributed by atoms with E-state index in [1.165, 1.54) is 0 Å². The molecule has 0 unspecified atom stereocenters. The van der Waals surface area contributed by atoms with Crippen LogP contribution in [-0.2, 0) is 21.0 Å². The second kappa shape index (κ2) is 9.62. The Kier molecular flexibility index (Phi) is 25.1. The first-order valence-electron chi connectivity index (χ1n) is 0.612. The van der Waals surface area contributed by atoms with Crippen LogP contribution in [0.1, 0.15) is 0 Å². The summed E-state index contributed by atoms with van der Waals surface area (Å²) in [4.78, 5) is 17.0. The fraction of sp³-hybridized carbons (Fsp3) is 0. The summed E-state index contributed by atoms with van der Waals surface area (Å²) in [6, 6.07) is 0. The van der Waals surface area contributed by atoms with Crippen LogP contribution in [0.2, 0.25) is 0 Å². The minimum Gasteiger partial charge on any atom is -0.672 e. The molecule has 0 saturated carbocycles. The van der Waals surface area contributed by atoms with Gasteiger partial charge in [-0.1, -0.05) is 0 Å². The standard InChI is InChI=1S/Ca.Ni.O3Si/c;;1-4(2)3/q2*+2;-2. The average Bonchev–Trinajstić information content (AvgIpc) is 0.811. The average molecular weight is 175 g/mol. The van der Waals surface area contributed by atoms with Crippen LogP contribution in [0.5, 0.6) is 0 Å². The maximum Gasteiger partial charge on any atom is 2.00 e. The van der Waals surface area contributed by atoms with Crippen LogP contribution in [-0.4, -0.2) is 46.9 Å². The van der Waals surface area contributed by atoms with Crippen LogP contribution in [0.3, 0.4) is 0 Å². The molecule has 0 N–H and O–H groups in total. The molecule has 0 fully saturated rings. The maximum absolute atomic E-state index is 8.52. The van der Waals surface area contributed by atoms with E-state index in [1.54, 1.807) is 0 Å². The molecule has 0 aliphatic heterocycles. The van der Waals surface area contributed by atoms with Crippen molar-refractivity contribution < 1.29 is 30.5 Å². The van der Waals surface area contributed by atoms with Crippen molar-refractivity contribution in [2.24, 2.45) is 0 Å². The van der Waals surface area contributed by atoms with E-state index in [9.17, 15) is 0 Å². The SMILES string of the molecule is O=[Si]([O-])[O-].[Ca+2].[Ni+2]. The minimum absolute atomic E-state index is 0. The molecule has 0 aromatic heterocycles. The van der Waals surface area contributed by atoms with Crippen LogP contribution in [0.25, 0.3) is 0 Å². The molecule has 6 heteroatoms. The number of hydrogen-bond donors (Lipinski definition) is 0. The van der Waals surface area contributed by atoms with Gasteiger partial charge in [0.25, 0.3) is 0 Å². The first-order chi connectivity index (χ1) is 1.73. The van der Waals surface area contributed by atoms with E-state index in [0.717, 1.165) is 0 Å². The summed E-state index contributed by atoms with van der Waals surface area (Å²) >= 11 is 0. The summed E-state index contributed by atoms with van der Waals surface area (Å²) in [6.07, 6.45) is 0. The van der Waals surface area contributed by atoms with E-state index in [1.807, 2.05) is 0 Å². The van der Waals surface area contributed by atoms with E-state index in [-0.39, 0.29) is 54.2 Å². The molecule has 0 heterocycles. The molecule has 0 aromatic carbocycles. The van der Waals surface area contributed by atoms with Crippen molar-refractivity contribution in [2.45, 2.75) is 0 Å². The first kappa shape index (κ1) is 15.7. The van der Waals surface area contributed by atoms with Crippen molar-refractivity contribution in [3.05, 3.63) is 0 Å². The molecule has 0 rings (SSSR count). The molecule has 0 saturated heterocycles. The van der Waals surface area contributed by atoms with E-state index in [4.69, 9.17) is 14.1 Å². The Morgan fingerprint density at radius 3 is 1.33 bits per heavy atom. The van der Waals surface area contributed by atoms with Crippen LogP contribution in [0.4, 0.5) is 0 Å². The van der Waals surface area contributed by atoms with Gasteiger partial charge in [0.15, 0.2) is 0 Å². The topological polar surface area (TPSA) is 63.2 Å². The van der Waals surface area contributed by atoms with Gasteiger partial charge in [-0.2, -0.15) is 0 Å². The molecule has 0 radical (unpaired) electrons. The molecular formula is CaNiO3Si+2. The van der Waals surface area contributed by atoms with Gasteiger partial charge >= 0.3 is 54.2 Å². The largest absolute Gasteiger partial charge is 2.00 e. The third-order valence-electron chi connectivity index (χ3n) is 0. The molecule has 3 nitrogen and oxygen atoms in total. The van der Waals surface area contributed by atoms with Gasteiger partial charge in [-0.25, -0.2) is 0 Å². The number of rotatable bonds is 0. The van der Waals surface area contributed by atoms with Crippen molar-refractivity contribution in [3.63, 3.8) is 0 Å². The summed E-state index contributed by atoms with van der Waals surface area (Å²) in [5.41, 5.74) is 0. The second-order valence-electron chi connectivity index (χ2n) is 0.250. The molecule has 0 aliphatic rings. The summed E-state index contributed by atoms with van der Waals surface area (Å²) < 4.78 is 8.52. The smallest absolute Gasteiger partial charge is 0.672 e. The fourth-order valence-corrected chi connectivity index (χ4v) is 0. The van der Waals surface area contributed by atoms with Crippen LogP contribution in [0, 0.1) is 0 Å². The molecular weight excluding hydrogens is 175 g/mol. The maximum atomic E-state index is 8.52. The predicted molar refractivity (Wildman–Crippen MR) is 12.2 cm³/mol. The fourth-order valence-electron chi connectivity index (χ4n) is 0. The van der Waals surface area contributed by atoms with Gasteiger partial charge in [0.1, 0.15) is 0 Å². The van der Waals surface area contributed by atoms with Gasteiger partial charge in [0, 0.05) is 9.17 Å². The van der Waals surface area contributed by atoms with Crippen molar-refractivity contribution in [1.29, 1.82) is 0 Å². The molecule has 0 aromatic rings. The Labute approximate surface area is 76.6 Å². The Balaban J connectivity index is -0.0000000450. The molecule has 0 atom stereocenters. The van der Waals surface area contributed by atoms with E-state index >= 15 is 0 Å². The van der Waals surface area contributed by atoms with Gasteiger partial charge in [-0.15, -0.1) is 0 Å². The molecule has 0 aliphatic carbocycles. The van der Waals surface area contributed by atoms with Crippen LogP contribution < -0.4 is 9.59 Å². The zero-order chi connectivity index (χ0) is 3.58. The second-order valence-corrected chi connectivity index (χ2v) is 0.750. The summed E-state index contributed by atoms with van der Waals surface area (Å²) in [6.45, 7) is 0. The predicted octanol–water partition coefficient (Wildman–Crippen LogP) is -3.26. The third kappa shape index (κ3) is 54.6. The Morgan fingerprint density at radius 2 is 1.33 bits per heavy atom. The zero-order valence-electron chi connectivity index (χ0n) is 2.75. The molecule has 0 spiro atoms. The first-order valence-corrected chi connectivity index (χ1v) is 1.84. The van der Waals surface area contributed by atoms with Crippen molar-refractivity contribution in [1.82, 2.24) is 0 Å². The van der Waals surface area contributed by atoms with Crippen molar-refractivity contribution in [3.8, 4) is 0 Å². The van der Waals surface area contributed by atoms with E-state index in [0.29, 0.717) is 0 Å². The molecule has 32 valence electrons. The molecule has 6 heavy (non-hydrogen) atoms. The van der Waals surface area contributed by atoms with Crippen LogP contribution >= 0.6 is 0 Å². The Hall–Kier alpha value is 1.37. The van der Waals surface area contributed by atoms with E-state index in [2.05, 4.69) is 0 Å². The van der Waals surface area contributed by atoms with Gasteiger partial charge in [0.05, 0.1) is 0 Å². The van der Waals surface area contributed by atoms with Gasteiger partial charge in [-0.3, -0.25) is 0 Å². The van der Waals surface area contributed by atoms with Crippen molar-refractivity contribution >= 4 is 46.9 Å². The normalized spacial score (nSPS) is 4.00. The van der Waals surface area contributed by atoms with Gasteiger partial charge < -0.3 is 14.1 Å². The summed E-state index contributed by atoms with van der Waals surface area (Å²) in [5.74, 6) is 0. The Morgan fingerprint density at radius 1 is 1.33 bits per heavy atom. The monoisotopic (exact) mass is 174 g/mol. The van der Waals surface area contributed by atoms with Gasteiger partial charge in [0.2, 0.25) is 0 Å². The van der Waals surface area contributed by atoms with Gasteiger partial charge in [-0.05, 0) is 0 Å². The zero-order valence-corrected chi connectivity index (χ0v) is 6.94. The molecule has 0 bridgehead atoms. The van der Waals surface area contributed by atoms with E-state index < -0.39 is 9.17 Å². The van der Waals surface area contributed by atoms with Crippen molar-refractivity contribution in [2.75, 3.05) is 0 Å². The molecule has 0 amide bonds. The minimum atomic E-state index is -3.63. The third-order valence-corrected chi connectivity index (χ3v) is 0. The summed E-state index contributed by atoms with van der Waals surface area (Å²) in [7, 11) is -3.63. The quantitative estimate of drug-likeness (QED) is 0.363. The summed E-state index contributed by atoms with van der Waals surface area (Å²) in [5, 5.41) is 0.